The number of hydrogen-bond acceptors (Lipinski definition) is 3. The van der Waals surface area contributed by atoms with Gasteiger partial charge in [0, 0.05) is 24.9 Å². The summed E-state index contributed by atoms with van der Waals surface area (Å²) in [5.41, 5.74) is 1.83. The number of carbonyl (C=O) groups is 2. The van der Waals surface area contributed by atoms with Gasteiger partial charge in [-0.15, -0.1) is 0 Å². The maximum Gasteiger partial charge on any atom is 0.303 e. The van der Waals surface area contributed by atoms with E-state index in [9.17, 15) is 9.59 Å². The van der Waals surface area contributed by atoms with Gasteiger partial charge in [-0.1, -0.05) is 0 Å². The van der Waals surface area contributed by atoms with E-state index in [1.54, 1.807) is 11.3 Å². The Morgan fingerprint density at radius 2 is 2.26 bits per heavy atom. The number of carboxylic acids is 1. The Labute approximate surface area is 117 Å². The Morgan fingerprint density at radius 1 is 1.47 bits per heavy atom. The maximum absolute atomic E-state index is 12.4. The molecular formula is C14H19NO3S. The molecule has 1 fully saturated rings. The van der Waals surface area contributed by atoms with Gasteiger partial charge in [-0.25, -0.2) is 0 Å². The van der Waals surface area contributed by atoms with E-state index in [0.717, 1.165) is 30.5 Å². The highest BCUT2D eigenvalue weighted by molar-refractivity contribution is 7.08. The van der Waals surface area contributed by atoms with Gasteiger partial charge >= 0.3 is 5.97 Å². The van der Waals surface area contributed by atoms with Crippen LogP contribution in [0.3, 0.4) is 0 Å². The van der Waals surface area contributed by atoms with Gasteiger partial charge in [-0.2, -0.15) is 11.3 Å². The molecular weight excluding hydrogens is 262 g/mol. The van der Waals surface area contributed by atoms with Crippen molar-refractivity contribution in [1.82, 2.24) is 4.90 Å². The second-order valence-corrected chi connectivity index (χ2v) is 5.90. The molecule has 4 nitrogen and oxygen atoms in total. The highest BCUT2D eigenvalue weighted by Crippen LogP contribution is 2.24. The van der Waals surface area contributed by atoms with Crippen LogP contribution in [0.15, 0.2) is 10.8 Å². The summed E-state index contributed by atoms with van der Waals surface area (Å²) in [5.74, 6) is -0.330. The van der Waals surface area contributed by atoms with Gasteiger partial charge < -0.3 is 10.0 Å². The SMILES string of the molecule is Cc1cscc1C(=O)N1CCC[C@H](CCC(=O)O)C1. The first-order chi connectivity index (χ1) is 9.08. The first-order valence-corrected chi connectivity index (χ1v) is 7.56. The molecule has 1 saturated heterocycles. The van der Waals surface area contributed by atoms with Gasteiger partial charge in [-0.05, 0) is 43.0 Å². The van der Waals surface area contributed by atoms with E-state index in [1.807, 2.05) is 22.6 Å². The zero-order valence-corrected chi connectivity index (χ0v) is 11.9. The molecule has 1 aliphatic heterocycles. The molecule has 0 saturated carbocycles. The van der Waals surface area contributed by atoms with Crippen molar-refractivity contribution in [3.05, 3.63) is 21.9 Å². The van der Waals surface area contributed by atoms with Gasteiger partial charge in [0.05, 0.1) is 5.56 Å². The highest BCUT2D eigenvalue weighted by Gasteiger charge is 2.25. The summed E-state index contributed by atoms with van der Waals surface area (Å²) in [7, 11) is 0. The Hall–Kier alpha value is -1.36. The minimum Gasteiger partial charge on any atom is -0.481 e. The third-order valence-corrected chi connectivity index (χ3v) is 4.52. The standard InChI is InChI=1S/C14H19NO3S/c1-10-8-19-9-12(10)14(18)15-6-2-3-11(7-15)4-5-13(16)17/h8-9,11H,2-7H2,1H3,(H,16,17)/t11-/m1/s1. The zero-order chi connectivity index (χ0) is 13.8. The number of carbonyl (C=O) groups excluding carboxylic acids is 1. The summed E-state index contributed by atoms with van der Waals surface area (Å²) in [4.78, 5) is 24.9. The van der Waals surface area contributed by atoms with Crippen molar-refractivity contribution in [2.24, 2.45) is 5.92 Å². The van der Waals surface area contributed by atoms with Crippen molar-refractivity contribution in [3.8, 4) is 0 Å². The summed E-state index contributed by atoms with van der Waals surface area (Å²) < 4.78 is 0. The van der Waals surface area contributed by atoms with Crippen LogP contribution in [-0.4, -0.2) is 35.0 Å². The van der Waals surface area contributed by atoms with Gasteiger partial charge in [-0.3, -0.25) is 9.59 Å². The van der Waals surface area contributed by atoms with Crippen molar-refractivity contribution in [1.29, 1.82) is 0 Å². The Bertz CT molecular complexity index is 469. The number of nitrogens with zero attached hydrogens (tertiary/aromatic N) is 1. The maximum atomic E-state index is 12.4. The monoisotopic (exact) mass is 281 g/mol. The van der Waals surface area contributed by atoms with Crippen molar-refractivity contribution < 1.29 is 14.7 Å². The lowest BCUT2D eigenvalue weighted by atomic mass is 9.93. The predicted molar refractivity (Wildman–Crippen MR) is 74.6 cm³/mol. The molecule has 0 unspecified atom stereocenters. The number of rotatable bonds is 4. The van der Waals surface area contributed by atoms with Crippen LogP contribution in [0.5, 0.6) is 0 Å². The van der Waals surface area contributed by atoms with Crippen molar-refractivity contribution >= 4 is 23.2 Å². The fraction of sp³-hybridized carbons (Fsp3) is 0.571. The minimum atomic E-state index is -0.753. The third kappa shape index (κ3) is 3.56. The van der Waals surface area contributed by atoms with Crippen LogP contribution in [0.2, 0.25) is 0 Å². The molecule has 5 heteroatoms. The molecule has 0 aliphatic carbocycles. The Kier molecular flexibility index (Phi) is 4.58. The molecule has 0 aromatic carbocycles. The number of carboxylic acid groups (broad SMARTS) is 1. The van der Waals surface area contributed by atoms with Crippen molar-refractivity contribution in [3.63, 3.8) is 0 Å². The molecule has 104 valence electrons. The average Bonchev–Trinajstić information content (AvgIpc) is 2.82. The van der Waals surface area contributed by atoms with E-state index >= 15 is 0 Å². The molecule has 1 atom stereocenters. The highest BCUT2D eigenvalue weighted by atomic mass is 32.1. The van der Waals surface area contributed by atoms with Crippen LogP contribution in [-0.2, 0) is 4.79 Å². The summed E-state index contributed by atoms with van der Waals surface area (Å²) in [5, 5.41) is 12.6. The molecule has 1 N–H and O–H groups in total. The molecule has 1 aliphatic rings. The number of hydrogen-bond donors (Lipinski definition) is 1. The number of piperidine rings is 1. The van der Waals surface area contributed by atoms with Crippen LogP contribution < -0.4 is 0 Å². The third-order valence-electron chi connectivity index (χ3n) is 3.66. The summed E-state index contributed by atoms with van der Waals surface area (Å²) in [6.45, 7) is 3.44. The second-order valence-electron chi connectivity index (χ2n) is 5.16. The van der Waals surface area contributed by atoms with Crippen molar-refractivity contribution in [2.45, 2.75) is 32.6 Å². The number of amides is 1. The molecule has 1 aromatic heterocycles. The van der Waals surface area contributed by atoms with Crippen LogP contribution >= 0.6 is 11.3 Å². The summed E-state index contributed by atoms with van der Waals surface area (Å²) >= 11 is 1.55. The number of thiophene rings is 1. The molecule has 1 amide bonds. The van der Waals surface area contributed by atoms with Crippen LogP contribution in [0.25, 0.3) is 0 Å². The van der Waals surface area contributed by atoms with E-state index in [-0.39, 0.29) is 12.3 Å². The fourth-order valence-electron chi connectivity index (χ4n) is 2.56. The van der Waals surface area contributed by atoms with Crippen LogP contribution in [0.4, 0.5) is 0 Å². The van der Waals surface area contributed by atoms with Gasteiger partial charge in [0.15, 0.2) is 0 Å². The number of likely N-dealkylation sites (tertiary alicyclic amines) is 1. The molecule has 2 rings (SSSR count). The summed E-state index contributed by atoms with van der Waals surface area (Å²) in [6, 6.07) is 0. The average molecular weight is 281 g/mol. The minimum absolute atomic E-state index is 0.0961. The van der Waals surface area contributed by atoms with Gasteiger partial charge in [0.1, 0.15) is 0 Å². The number of aryl methyl sites for hydroxylation is 1. The van der Waals surface area contributed by atoms with Crippen molar-refractivity contribution in [2.75, 3.05) is 13.1 Å². The van der Waals surface area contributed by atoms with E-state index in [0.29, 0.717) is 18.9 Å². The van der Waals surface area contributed by atoms with Crippen LogP contribution in [0.1, 0.15) is 41.6 Å². The Balaban J connectivity index is 1.95. The lowest BCUT2D eigenvalue weighted by Gasteiger charge is -2.32. The molecule has 1 aromatic rings. The molecule has 2 heterocycles. The zero-order valence-electron chi connectivity index (χ0n) is 11.1. The molecule has 0 radical (unpaired) electrons. The largest absolute Gasteiger partial charge is 0.481 e. The van der Waals surface area contributed by atoms with Gasteiger partial charge in [0.2, 0.25) is 0 Å². The van der Waals surface area contributed by atoms with E-state index in [4.69, 9.17) is 5.11 Å². The second kappa shape index (κ2) is 6.19. The topological polar surface area (TPSA) is 57.6 Å². The first-order valence-electron chi connectivity index (χ1n) is 6.61. The van der Waals surface area contributed by atoms with E-state index in [2.05, 4.69) is 0 Å². The fourth-order valence-corrected chi connectivity index (χ4v) is 3.38. The first kappa shape index (κ1) is 14.1. The van der Waals surface area contributed by atoms with Crippen LogP contribution in [0, 0.1) is 12.8 Å². The lowest BCUT2D eigenvalue weighted by molar-refractivity contribution is -0.137. The number of aliphatic carboxylic acids is 1. The molecule has 19 heavy (non-hydrogen) atoms. The quantitative estimate of drug-likeness (QED) is 0.923. The Morgan fingerprint density at radius 3 is 2.89 bits per heavy atom. The van der Waals surface area contributed by atoms with E-state index < -0.39 is 5.97 Å². The normalized spacial score (nSPS) is 19.4. The smallest absolute Gasteiger partial charge is 0.303 e. The predicted octanol–water partition coefficient (Wildman–Crippen LogP) is 2.77. The molecule has 0 spiro atoms. The summed E-state index contributed by atoms with van der Waals surface area (Å²) in [6.07, 6.45) is 2.87. The molecule has 0 bridgehead atoms. The lowest BCUT2D eigenvalue weighted by Crippen LogP contribution is -2.40. The van der Waals surface area contributed by atoms with E-state index in [1.165, 1.54) is 0 Å². The van der Waals surface area contributed by atoms with Gasteiger partial charge in [0.25, 0.3) is 5.91 Å².